The molecule has 1 aromatic heterocycles. The summed E-state index contributed by atoms with van der Waals surface area (Å²) in [5, 5.41) is 2.74. The molecule has 122 valence electrons. The van der Waals surface area contributed by atoms with Crippen molar-refractivity contribution in [2.45, 2.75) is 25.8 Å². The monoisotopic (exact) mass is 315 g/mol. The van der Waals surface area contributed by atoms with Crippen molar-refractivity contribution < 1.29 is 14.3 Å². The highest BCUT2D eigenvalue weighted by Gasteiger charge is 2.23. The fourth-order valence-electron chi connectivity index (χ4n) is 2.40. The summed E-state index contributed by atoms with van der Waals surface area (Å²) < 4.78 is 4.74. The van der Waals surface area contributed by atoms with Crippen LogP contribution in [-0.4, -0.2) is 30.0 Å². The lowest BCUT2D eigenvalue weighted by Gasteiger charge is -2.17. The summed E-state index contributed by atoms with van der Waals surface area (Å²) in [6.45, 7) is 1.94. The number of H-pyrrole nitrogens is 1. The van der Waals surface area contributed by atoms with Gasteiger partial charge in [0, 0.05) is 28.7 Å². The van der Waals surface area contributed by atoms with Crippen LogP contribution in [0.2, 0.25) is 0 Å². The highest BCUT2D eigenvalue weighted by molar-refractivity contribution is 6.02. The van der Waals surface area contributed by atoms with E-state index >= 15 is 0 Å². The van der Waals surface area contributed by atoms with Gasteiger partial charge in [0.25, 0.3) is 5.91 Å². The van der Waals surface area contributed by atoms with Crippen LogP contribution in [-0.2, 0) is 9.53 Å². The molecule has 0 aliphatic heterocycles. The second-order valence-corrected chi connectivity index (χ2v) is 5.23. The van der Waals surface area contributed by atoms with Gasteiger partial charge in [-0.2, -0.15) is 0 Å². The molecule has 1 heterocycles. The molecule has 6 nitrogen and oxygen atoms in total. The fourth-order valence-corrected chi connectivity index (χ4v) is 2.40. The smallest absolute Gasteiger partial charge is 0.328 e. The van der Waals surface area contributed by atoms with Gasteiger partial charge in [-0.05, 0) is 36.8 Å². The molecular weight excluding hydrogens is 294 g/mol. The maximum absolute atomic E-state index is 12.6. The van der Waals surface area contributed by atoms with Crippen molar-refractivity contribution in [3.63, 3.8) is 0 Å². The maximum atomic E-state index is 12.6. The normalized spacial score (nSPS) is 11.7. The molecule has 0 aliphatic rings. The number of carbonyl (C=O) groups excluding carboxylic acids is 2. The molecule has 0 fully saturated rings. The Balaban J connectivity index is 2.30. The number of hydrogen-bond donors (Lipinski definition) is 3. The fraction of sp³-hybridized carbons (Fsp3) is 0.294. The predicted molar refractivity (Wildman–Crippen MR) is 88.8 cm³/mol. The van der Waals surface area contributed by atoms with E-state index in [-0.39, 0.29) is 5.91 Å². The number of rotatable bonds is 6. The molecule has 0 spiro atoms. The molecule has 0 saturated carbocycles. The quantitative estimate of drug-likeness (QED) is 0.563. The van der Waals surface area contributed by atoms with E-state index in [1.54, 1.807) is 24.4 Å². The van der Waals surface area contributed by atoms with Crippen LogP contribution < -0.4 is 11.1 Å². The van der Waals surface area contributed by atoms with Crippen molar-refractivity contribution in [1.82, 2.24) is 10.3 Å². The van der Waals surface area contributed by atoms with Gasteiger partial charge in [0.15, 0.2) is 0 Å². The third kappa shape index (κ3) is 3.91. The minimum Gasteiger partial charge on any atom is -0.467 e. The van der Waals surface area contributed by atoms with E-state index in [1.165, 1.54) is 7.11 Å². The number of benzene rings is 1. The largest absolute Gasteiger partial charge is 0.467 e. The van der Waals surface area contributed by atoms with Crippen LogP contribution >= 0.6 is 0 Å². The summed E-state index contributed by atoms with van der Waals surface area (Å²) in [5.74, 6) is -0.782. The maximum Gasteiger partial charge on any atom is 0.328 e. The van der Waals surface area contributed by atoms with E-state index in [0.29, 0.717) is 23.2 Å². The zero-order valence-corrected chi connectivity index (χ0v) is 13.3. The minimum absolute atomic E-state index is 0.335. The van der Waals surface area contributed by atoms with Gasteiger partial charge >= 0.3 is 5.97 Å². The Morgan fingerprint density at radius 3 is 2.74 bits per heavy atom. The highest BCUT2D eigenvalue weighted by Crippen LogP contribution is 2.25. The lowest BCUT2D eigenvalue weighted by Crippen LogP contribution is -2.41. The van der Waals surface area contributed by atoms with Gasteiger partial charge in [-0.25, -0.2) is 4.79 Å². The number of hydrogen-bond acceptors (Lipinski definition) is 4. The average Bonchev–Trinajstić information content (AvgIpc) is 3.07. The number of aromatic nitrogens is 1. The first-order valence-corrected chi connectivity index (χ1v) is 7.48. The number of carbonyl (C=O) groups is 2. The molecule has 2 rings (SSSR count). The summed E-state index contributed by atoms with van der Waals surface area (Å²) in [5.41, 5.74) is 8.32. The lowest BCUT2D eigenvalue weighted by atomic mass is 10.0. The molecule has 1 amide bonds. The number of nitrogens with one attached hydrogen (secondary N) is 2. The van der Waals surface area contributed by atoms with Gasteiger partial charge in [0.2, 0.25) is 0 Å². The molecule has 0 bridgehead atoms. The Kier molecular flexibility index (Phi) is 5.41. The Morgan fingerprint density at radius 2 is 2.13 bits per heavy atom. The number of amides is 1. The standard InChI is InChI=1S/C17H21N3O3/c1-3-5-15(17(22)23-2)20-16(21)12-8-7-11(18)10-13(12)14-6-4-9-19-14/h4,6-10,15,19H,3,5,18H2,1-2H3,(H,20,21)/t15-/m0/s1. The van der Waals surface area contributed by atoms with Gasteiger partial charge in [-0.3, -0.25) is 4.79 Å². The Bertz CT molecular complexity index is 680. The molecule has 4 N–H and O–H groups in total. The van der Waals surface area contributed by atoms with Crippen LogP contribution in [0.1, 0.15) is 30.1 Å². The van der Waals surface area contributed by atoms with E-state index in [2.05, 4.69) is 10.3 Å². The SMILES string of the molecule is CCC[C@H](NC(=O)c1ccc(N)cc1-c1ccc[nH]1)C(=O)OC. The number of aromatic amines is 1. The summed E-state index contributed by atoms with van der Waals surface area (Å²) in [6, 6.07) is 8.08. The summed E-state index contributed by atoms with van der Waals surface area (Å²) in [4.78, 5) is 27.4. The van der Waals surface area contributed by atoms with E-state index in [1.807, 2.05) is 19.1 Å². The molecule has 2 aromatic rings. The Labute approximate surface area is 135 Å². The van der Waals surface area contributed by atoms with Crippen molar-refractivity contribution in [2.75, 3.05) is 12.8 Å². The zero-order valence-electron chi connectivity index (χ0n) is 13.3. The van der Waals surface area contributed by atoms with Crippen LogP contribution in [0.25, 0.3) is 11.3 Å². The van der Waals surface area contributed by atoms with Crippen molar-refractivity contribution in [3.05, 3.63) is 42.1 Å². The van der Waals surface area contributed by atoms with Crippen LogP contribution in [0.5, 0.6) is 0 Å². The number of nitrogen functional groups attached to an aromatic ring is 1. The van der Waals surface area contributed by atoms with Gasteiger partial charge in [-0.15, -0.1) is 0 Å². The molecule has 0 aliphatic carbocycles. The lowest BCUT2D eigenvalue weighted by molar-refractivity contribution is -0.143. The summed E-state index contributed by atoms with van der Waals surface area (Å²) >= 11 is 0. The van der Waals surface area contributed by atoms with Crippen molar-refractivity contribution in [1.29, 1.82) is 0 Å². The van der Waals surface area contributed by atoms with Crippen LogP contribution in [0, 0.1) is 0 Å². The summed E-state index contributed by atoms with van der Waals surface area (Å²) in [6.07, 6.45) is 3.05. The number of ether oxygens (including phenoxy) is 1. The number of methoxy groups -OCH3 is 1. The van der Waals surface area contributed by atoms with Gasteiger partial charge in [0.05, 0.1) is 7.11 Å². The van der Waals surface area contributed by atoms with Gasteiger partial charge in [0.1, 0.15) is 6.04 Å². The summed E-state index contributed by atoms with van der Waals surface area (Å²) in [7, 11) is 1.31. The molecule has 1 atom stereocenters. The third-order valence-electron chi connectivity index (χ3n) is 3.54. The van der Waals surface area contributed by atoms with Crippen molar-refractivity contribution in [2.24, 2.45) is 0 Å². The van der Waals surface area contributed by atoms with E-state index in [9.17, 15) is 9.59 Å². The second-order valence-electron chi connectivity index (χ2n) is 5.23. The molecule has 1 aromatic carbocycles. The molecule has 0 unspecified atom stereocenters. The zero-order chi connectivity index (χ0) is 16.8. The first-order valence-electron chi connectivity index (χ1n) is 7.48. The van der Waals surface area contributed by atoms with Crippen molar-refractivity contribution in [3.8, 4) is 11.3 Å². The molecule has 0 saturated heterocycles. The van der Waals surface area contributed by atoms with Crippen LogP contribution in [0.3, 0.4) is 0 Å². The molecule has 23 heavy (non-hydrogen) atoms. The van der Waals surface area contributed by atoms with E-state index in [4.69, 9.17) is 10.5 Å². The van der Waals surface area contributed by atoms with Gasteiger partial charge < -0.3 is 20.8 Å². The molecular formula is C17H21N3O3. The van der Waals surface area contributed by atoms with Crippen LogP contribution in [0.15, 0.2) is 36.5 Å². The highest BCUT2D eigenvalue weighted by atomic mass is 16.5. The molecule has 6 heteroatoms. The third-order valence-corrected chi connectivity index (χ3v) is 3.54. The van der Waals surface area contributed by atoms with Crippen LogP contribution in [0.4, 0.5) is 5.69 Å². The number of anilines is 1. The number of nitrogens with two attached hydrogens (primary N) is 1. The van der Waals surface area contributed by atoms with E-state index in [0.717, 1.165) is 12.1 Å². The number of esters is 1. The topological polar surface area (TPSA) is 97.2 Å². The predicted octanol–water partition coefficient (Wildman–Crippen LogP) is 2.34. The minimum atomic E-state index is -0.661. The molecule has 0 radical (unpaired) electrons. The second kappa shape index (κ2) is 7.49. The Morgan fingerprint density at radius 1 is 1.35 bits per heavy atom. The van der Waals surface area contributed by atoms with E-state index < -0.39 is 12.0 Å². The first kappa shape index (κ1) is 16.6. The van der Waals surface area contributed by atoms with Crippen molar-refractivity contribution >= 4 is 17.6 Å². The first-order chi connectivity index (χ1) is 11.1. The van der Waals surface area contributed by atoms with Gasteiger partial charge in [-0.1, -0.05) is 13.3 Å². The Hall–Kier alpha value is -2.76. The average molecular weight is 315 g/mol.